The largest absolute Gasteiger partial charge is 0.478 e. The van der Waals surface area contributed by atoms with Gasteiger partial charge in [-0.05, 0) is 10.4 Å². The Hall–Kier alpha value is -1.48. The summed E-state index contributed by atoms with van der Waals surface area (Å²) in [5.41, 5.74) is 12.2. The van der Waals surface area contributed by atoms with Crippen molar-refractivity contribution in [1.29, 1.82) is 5.53 Å². The second kappa shape index (κ2) is 9.10. The zero-order valence-electron chi connectivity index (χ0n) is 4.03. The fourth-order valence-corrected chi connectivity index (χ4v) is 0. The maximum Gasteiger partial charge on any atom is 0.327 e. The molecule has 2 N–H and O–H groups in total. The zero-order valence-corrected chi connectivity index (χ0v) is 4.03. The van der Waals surface area contributed by atoms with Gasteiger partial charge in [-0.3, -0.25) is 0 Å². The van der Waals surface area contributed by atoms with Crippen LogP contribution >= 0.6 is 0 Å². The Morgan fingerprint density at radius 3 is 2.12 bits per heavy atom. The van der Waals surface area contributed by atoms with Crippen LogP contribution in [0.15, 0.2) is 12.7 Å². The van der Waals surface area contributed by atoms with Gasteiger partial charge in [-0.15, -0.1) is 5.53 Å². The molecule has 5 heteroatoms. The number of carbonyl (C=O) groups is 1. The van der Waals surface area contributed by atoms with E-state index in [1.54, 1.807) is 4.91 Å². The molecule has 0 atom stereocenters. The first-order chi connectivity index (χ1) is 3.68. The van der Waals surface area contributed by atoms with Gasteiger partial charge in [-0.2, -0.15) is 0 Å². The maximum absolute atomic E-state index is 9.25. The third kappa shape index (κ3) is 207. The van der Waals surface area contributed by atoms with Crippen LogP contribution in [0.2, 0.25) is 0 Å². The summed E-state index contributed by atoms with van der Waals surface area (Å²) in [6, 6.07) is 0. The fraction of sp³-hybridized carbons (Fsp3) is 0. The van der Waals surface area contributed by atoms with Crippen LogP contribution in [-0.2, 0) is 4.79 Å². The minimum atomic E-state index is -0.981. The number of nitrogens with one attached hydrogen (secondary N) is 1. The first-order valence-electron chi connectivity index (χ1n) is 1.55. The summed E-state index contributed by atoms with van der Waals surface area (Å²) in [4.78, 5) is 11.0. The van der Waals surface area contributed by atoms with Gasteiger partial charge in [0.05, 0.1) is 0 Å². The molecule has 0 aromatic heterocycles. The van der Waals surface area contributed by atoms with Crippen LogP contribution < -0.4 is 0 Å². The van der Waals surface area contributed by atoms with Crippen molar-refractivity contribution in [2.24, 2.45) is 0 Å². The van der Waals surface area contributed by atoms with Gasteiger partial charge in [0.1, 0.15) is 0 Å². The minimum Gasteiger partial charge on any atom is -0.478 e. The average molecular weight is 115 g/mol. The number of hydrogen-bond acceptors (Lipinski definition) is 2. The Morgan fingerprint density at radius 2 is 2.12 bits per heavy atom. The first kappa shape index (κ1) is 9.72. The third-order valence-electron chi connectivity index (χ3n) is 0.175. The van der Waals surface area contributed by atoms with Gasteiger partial charge in [0.15, 0.2) is 0 Å². The summed E-state index contributed by atoms with van der Waals surface area (Å²) in [7, 11) is 0. The lowest BCUT2D eigenvalue weighted by Gasteiger charge is -1.64. The lowest BCUT2D eigenvalue weighted by molar-refractivity contribution is -0.131. The smallest absolute Gasteiger partial charge is 0.327 e. The Bertz CT molecular complexity index is 114. The van der Waals surface area contributed by atoms with Gasteiger partial charge in [-0.25, -0.2) is 4.79 Å². The van der Waals surface area contributed by atoms with Crippen molar-refractivity contribution in [2.75, 3.05) is 0 Å². The van der Waals surface area contributed by atoms with E-state index in [9.17, 15) is 4.79 Å². The maximum atomic E-state index is 9.25. The Balaban J connectivity index is 0. The molecule has 0 spiro atoms. The average Bonchev–Trinajstić information content (AvgIpc) is 1.69. The van der Waals surface area contributed by atoms with E-state index in [0.717, 1.165) is 6.08 Å². The van der Waals surface area contributed by atoms with Crippen molar-refractivity contribution in [1.82, 2.24) is 0 Å². The van der Waals surface area contributed by atoms with Crippen LogP contribution in [0.5, 0.6) is 0 Å². The molecule has 0 aliphatic rings. The van der Waals surface area contributed by atoms with Crippen LogP contribution in [-0.4, -0.2) is 11.1 Å². The molecule has 0 aliphatic carbocycles. The summed E-state index contributed by atoms with van der Waals surface area (Å²) in [6.45, 7) is 2.96. The molecule has 0 saturated carbocycles. The minimum absolute atomic E-state index is 0.833. The molecule has 0 unspecified atom stereocenters. The number of carboxylic acid groups (broad SMARTS) is 1. The highest BCUT2D eigenvalue weighted by Gasteiger charge is 1.73. The third-order valence-corrected chi connectivity index (χ3v) is 0.175. The predicted molar refractivity (Wildman–Crippen MR) is 27.3 cm³/mol. The van der Waals surface area contributed by atoms with Crippen molar-refractivity contribution in [3.05, 3.63) is 23.1 Å². The second-order valence-corrected chi connectivity index (χ2v) is 0.642. The van der Waals surface area contributed by atoms with Crippen LogP contribution in [0.4, 0.5) is 0 Å². The van der Waals surface area contributed by atoms with E-state index in [1.165, 1.54) is 0 Å². The highest BCUT2D eigenvalue weighted by molar-refractivity contribution is 5.78. The fourth-order valence-electron chi connectivity index (χ4n) is 0. The molecule has 0 saturated heterocycles. The predicted octanol–water partition coefficient (Wildman–Crippen LogP) is 1.13. The van der Waals surface area contributed by atoms with E-state index in [4.69, 9.17) is 16.2 Å². The summed E-state index contributed by atoms with van der Waals surface area (Å²) in [6.07, 6.45) is 0.833. The Labute approximate surface area is 45.7 Å². The molecule has 0 aliphatic heterocycles. The van der Waals surface area contributed by atoms with Gasteiger partial charge < -0.3 is 5.11 Å². The number of rotatable bonds is 1. The zero-order chi connectivity index (χ0) is 6.99. The monoisotopic (exact) mass is 115 g/mol. The summed E-state index contributed by atoms with van der Waals surface area (Å²) < 4.78 is 0. The topological polar surface area (TPSA) is 97.5 Å². The van der Waals surface area contributed by atoms with Crippen LogP contribution in [0.1, 0.15) is 0 Å². The van der Waals surface area contributed by atoms with Gasteiger partial charge in [0.25, 0.3) is 0 Å². The molecule has 5 nitrogen and oxygen atoms in total. The van der Waals surface area contributed by atoms with E-state index in [0.29, 0.717) is 0 Å². The first-order valence-corrected chi connectivity index (χ1v) is 1.55. The second-order valence-electron chi connectivity index (χ2n) is 0.642. The highest BCUT2D eigenvalue weighted by Crippen LogP contribution is 1.54. The molecule has 0 aromatic carbocycles. The van der Waals surface area contributed by atoms with Crippen LogP contribution in [0.25, 0.3) is 10.4 Å². The summed E-state index contributed by atoms with van der Waals surface area (Å²) in [5.74, 6) is -0.981. The lowest BCUT2D eigenvalue weighted by Crippen LogP contribution is -1.82. The SMILES string of the molecule is C=CC(=O)O.[N-]=[N+]=N. The van der Waals surface area contributed by atoms with E-state index in [1.807, 2.05) is 0 Å². The van der Waals surface area contributed by atoms with E-state index < -0.39 is 5.97 Å². The molecular formula is C3H5N3O2. The van der Waals surface area contributed by atoms with E-state index >= 15 is 0 Å². The number of nitrogens with zero attached hydrogens (tertiary/aromatic N) is 2. The van der Waals surface area contributed by atoms with Crippen LogP contribution in [0, 0.1) is 5.53 Å². The molecule has 0 bridgehead atoms. The Kier molecular flexibility index (Phi) is 11.1. The molecule has 0 heterocycles. The van der Waals surface area contributed by atoms with Crippen LogP contribution in [0.3, 0.4) is 0 Å². The van der Waals surface area contributed by atoms with Crippen molar-refractivity contribution in [3.63, 3.8) is 0 Å². The Morgan fingerprint density at radius 1 is 2.00 bits per heavy atom. The molecule has 44 valence electrons. The van der Waals surface area contributed by atoms with E-state index in [2.05, 4.69) is 6.58 Å². The van der Waals surface area contributed by atoms with E-state index in [-0.39, 0.29) is 0 Å². The number of carboxylic acids is 1. The van der Waals surface area contributed by atoms with Crippen molar-refractivity contribution in [3.8, 4) is 0 Å². The molecule has 0 rings (SSSR count). The molecular weight excluding hydrogens is 110 g/mol. The lowest BCUT2D eigenvalue weighted by atomic mass is 10.7. The van der Waals surface area contributed by atoms with Gasteiger partial charge >= 0.3 is 5.97 Å². The molecule has 0 radical (unpaired) electrons. The molecule has 8 heavy (non-hydrogen) atoms. The van der Waals surface area contributed by atoms with Crippen molar-refractivity contribution < 1.29 is 9.90 Å². The number of aliphatic carboxylic acids is 1. The van der Waals surface area contributed by atoms with Crippen molar-refractivity contribution >= 4 is 5.97 Å². The standard InChI is InChI=1S/C3H4O2.HN3/c1-2-3(4)5;1-3-2/h2H,1H2,(H,4,5);1H. The summed E-state index contributed by atoms with van der Waals surface area (Å²) >= 11 is 0. The summed E-state index contributed by atoms with van der Waals surface area (Å²) in [5, 5.41) is 7.60. The van der Waals surface area contributed by atoms with Gasteiger partial charge in [-0.1, -0.05) is 6.58 Å². The molecule has 0 fully saturated rings. The number of hydrogen-bond donors (Lipinski definition) is 2. The van der Waals surface area contributed by atoms with Gasteiger partial charge in [0, 0.05) is 6.08 Å². The highest BCUT2D eigenvalue weighted by atomic mass is 16.4. The normalized spacial score (nSPS) is 5.00. The molecule has 0 aromatic rings. The van der Waals surface area contributed by atoms with Crippen molar-refractivity contribution in [2.45, 2.75) is 0 Å². The van der Waals surface area contributed by atoms with Gasteiger partial charge in [0.2, 0.25) is 0 Å². The molecule has 0 amide bonds. The quantitative estimate of drug-likeness (QED) is 0.232.